The highest BCUT2D eigenvalue weighted by Gasteiger charge is 2.24. The molecule has 1 aromatic rings. The van der Waals surface area contributed by atoms with E-state index in [1.165, 1.54) is 12.8 Å². The van der Waals surface area contributed by atoms with E-state index in [0.717, 1.165) is 17.9 Å². The molecule has 0 aliphatic heterocycles. The Balaban J connectivity index is 1.84. The molecule has 0 spiro atoms. The zero-order valence-corrected chi connectivity index (χ0v) is 11.7. The molecule has 0 aromatic heterocycles. The number of benzene rings is 1. The summed E-state index contributed by atoms with van der Waals surface area (Å²) >= 11 is 0. The Hall–Kier alpha value is -2.04. The van der Waals surface area contributed by atoms with Crippen LogP contribution in [0.4, 0.5) is 0 Å². The molecular formula is C15H21N3O2. The fourth-order valence-electron chi connectivity index (χ4n) is 2.27. The van der Waals surface area contributed by atoms with Crippen molar-refractivity contribution < 1.29 is 10.0 Å². The zero-order chi connectivity index (χ0) is 14.5. The van der Waals surface area contributed by atoms with Gasteiger partial charge in [0.15, 0.2) is 5.84 Å². The molecule has 108 valence electrons. The van der Waals surface area contributed by atoms with Crippen molar-refractivity contribution in [2.75, 3.05) is 0 Å². The van der Waals surface area contributed by atoms with Gasteiger partial charge in [-0.1, -0.05) is 42.3 Å². The first-order valence-corrected chi connectivity index (χ1v) is 6.94. The van der Waals surface area contributed by atoms with E-state index in [0.29, 0.717) is 12.0 Å². The molecule has 1 fully saturated rings. The van der Waals surface area contributed by atoms with Gasteiger partial charge in [0.1, 0.15) is 0 Å². The van der Waals surface area contributed by atoms with Crippen molar-refractivity contribution >= 4 is 11.7 Å². The molecule has 0 heterocycles. The third-order valence-electron chi connectivity index (χ3n) is 3.51. The Labute approximate surface area is 118 Å². The number of amidine groups is 1. The van der Waals surface area contributed by atoms with Crippen molar-refractivity contribution in [3.8, 4) is 0 Å². The number of nitrogens with two attached hydrogens (primary N) is 1. The zero-order valence-electron chi connectivity index (χ0n) is 11.7. The molecule has 1 amide bonds. The van der Waals surface area contributed by atoms with Gasteiger partial charge in [-0.2, -0.15) is 0 Å². The number of carbonyl (C=O) groups excluding carboxylic acids is 1. The van der Waals surface area contributed by atoms with Crippen LogP contribution in [0.25, 0.3) is 0 Å². The summed E-state index contributed by atoms with van der Waals surface area (Å²) in [5, 5.41) is 14.5. The maximum absolute atomic E-state index is 11.9. The molecule has 5 nitrogen and oxygen atoms in total. The molecule has 1 aliphatic rings. The van der Waals surface area contributed by atoms with Crippen LogP contribution in [0.2, 0.25) is 0 Å². The van der Waals surface area contributed by atoms with Crippen LogP contribution < -0.4 is 11.1 Å². The van der Waals surface area contributed by atoms with Crippen LogP contribution in [-0.2, 0) is 11.2 Å². The minimum Gasteiger partial charge on any atom is -0.409 e. The van der Waals surface area contributed by atoms with Crippen LogP contribution in [0.5, 0.6) is 0 Å². The van der Waals surface area contributed by atoms with Crippen LogP contribution >= 0.6 is 0 Å². The molecule has 0 bridgehead atoms. The highest BCUT2D eigenvalue weighted by Crippen LogP contribution is 2.33. The molecule has 2 rings (SSSR count). The predicted molar refractivity (Wildman–Crippen MR) is 77.6 cm³/mol. The SMILES string of the molecule is CC(CC1CC1)NC(=O)Cc1ccc(C(N)=NO)cc1. The summed E-state index contributed by atoms with van der Waals surface area (Å²) in [4.78, 5) is 11.9. The lowest BCUT2D eigenvalue weighted by atomic mass is 10.1. The first-order valence-electron chi connectivity index (χ1n) is 6.94. The number of hydrogen-bond donors (Lipinski definition) is 3. The van der Waals surface area contributed by atoms with E-state index in [4.69, 9.17) is 10.9 Å². The van der Waals surface area contributed by atoms with Gasteiger partial charge in [0, 0.05) is 11.6 Å². The molecule has 5 heteroatoms. The van der Waals surface area contributed by atoms with Crippen molar-refractivity contribution in [1.82, 2.24) is 5.32 Å². The van der Waals surface area contributed by atoms with E-state index in [1.807, 2.05) is 12.1 Å². The maximum Gasteiger partial charge on any atom is 0.224 e. The van der Waals surface area contributed by atoms with Crippen molar-refractivity contribution in [2.24, 2.45) is 16.8 Å². The van der Waals surface area contributed by atoms with Crippen LogP contribution in [0.15, 0.2) is 29.4 Å². The maximum atomic E-state index is 11.9. The normalized spacial score (nSPS) is 16.8. The standard InChI is InChI=1S/C15H21N3O2/c1-10(8-11-2-3-11)17-14(19)9-12-4-6-13(7-5-12)15(16)18-20/h4-7,10-11,20H,2-3,8-9H2,1H3,(H2,16,18)(H,17,19). The lowest BCUT2D eigenvalue weighted by Gasteiger charge is -2.13. The first kappa shape index (κ1) is 14.4. The van der Waals surface area contributed by atoms with Gasteiger partial charge in [-0.3, -0.25) is 4.79 Å². The Kier molecular flexibility index (Phi) is 4.61. The van der Waals surface area contributed by atoms with Gasteiger partial charge in [-0.05, 0) is 24.8 Å². The van der Waals surface area contributed by atoms with Crippen LogP contribution in [0, 0.1) is 5.92 Å². The lowest BCUT2D eigenvalue weighted by Crippen LogP contribution is -2.34. The molecule has 1 saturated carbocycles. The average molecular weight is 275 g/mol. The molecule has 20 heavy (non-hydrogen) atoms. The number of hydrogen-bond acceptors (Lipinski definition) is 3. The van der Waals surface area contributed by atoms with Gasteiger partial charge in [-0.15, -0.1) is 0 Å². The summed E-state index contributed by atoms with van der Waals surface area (Å²) in [6, 6.07) is 7.36. The van der Waals surface area contributed by atoms with Gasteiger partial charge >= 0.3 is 0 Å². The molecule has 1 atom stereocenters. The van der Waals surface area contributed by atoms with Crippen molar-refractivity contribution in [1.29, 1.82) is 0 Å². The van der Waals surface area contributed by atoms with E-state index in [-0.39, 0.29) is 17.8 Å². The predicted octanol–water partition coefficient (Wildman–Crippen LogP) is 1.63. The van der Waals surface area contributed by atoms with Gasteiger partial charge in [0.05, 0.1) is 6.42 Å². The third kappa shape index (κ3) is 4.26. The van der Waals surface area contributed by atoms with Gasteiger partial charge in [0.2, 0.25) is 5.91 Å². The second-order valence-electron chi connectivity index (χ2n) is 5.51. The number of oxime groups is 1. The van der Waals surface area contributed by atoms with Crippen LogP contribution in [-0.4, -0.2) is 23.0 Å². The molecule has 0 saturated heterocycles. The Morgan fingerprint density at radius 2 is 2.10 bits per heavy atom. The number of nitrogens with zero attached hydrogens (tertiary/aromatic N) is 1. The largest absolute Gasteiger partial charge is 0.409 e. The Bertz CT molecular complexity index is 492. The summed E-state index contributed by atoms with van der Waals surface area (Å²) in [6.07, 6.45) is 4.03. The quantitative estimate of drug-likeness (QED) is 0.319. The summed E-state index contributed by atoms with van der Waals surface area (Å²) in [5.41, 5.74) is 7.03. The highest BCUT2D eigenvalue weighted by molar-refractivity contribution is 5.97. The topological polar surface area (TPSA) is 87.7 Å². The molecule has 0 radical (unpaired) electrons. The van der Waals surface area contributed by atoms with Crippen molar-refractivity contribution in [2.45, 2.75) is 38.6 Å². The fraction of sp³-hybridized carbons (Fsp3) is 0.467. The Morgan fingerprint density at radius 1 is 1.45 bits per heavy atom. The van der Waals surface area contributed by atoms with Crippen molar-refractivity contribution in [3.63, 3.8) is 0 Å². The van der Waals surface area contributed by atoms with Crippen LogP contribution in [0.1, 0.15) is 37.3 Å². The van der Waals surface area contributed by atoms with Gasteiger partial charge < -0.3 is 16.3 Å². The van der Waals surface area contributed by atoms with E-state index in [1.54, 1.807) is 12.1 Å². The monoisotopic (exact) mass is 275 g/mol. The third-order valence-corrected chi connectivity index (χ3v) is 3.51. The summed E-state index contributed by atoms with van der Waals surface area (Å²) < 4.78 is 0. The lowest BCUT2D eigenvalue weighted by molar-refractivity contribution is -0.121. The number of carbonyl (C=O) groups is 1. The highest BCUT2D eigenvalue weighted by atomic mass is 16.4. The number of nitrogens with one attached hydrogen (secondary N) is 1. The van der Waals surface area contributed by atoms with Gasteiger partial charge in [0.25, 0.3) is 0 Å². The number of amides is 1. The molecule has 1 aromatic carbocycles. The summed E-state index contributed by atoms with van der Waals surface area (Å²) in [5.74, 6) is 0.916. The average Bonchev–Trinajstić information content (AvgIpc) is 3.22. The number of rotatable bonds is 6. The Morgan fingerprint density at radius 3 is 2.65 bits per heavy atom. The second kappa shape index (κ2) is 6.41. The fourth-order valence-corrected chi connectivity index (χ4v) is 2.27. The van der Waals surface area contributed by atoms with E-state index in [9.17, 15) is 4.79 Å². The van der Waals surface area contributed by atoms with Gasteiger partial charge in [-0.25, -0.2) is 0 Å². The van der Waals surface area contributed by atoms with Crippen LogP contribution in [0.3, 0.4) is 0 Å². The van der Waals surface area contributed by atoms with Crippen molar-refractivity contribution in [3.05, 3.63) is 35.4 Å². The molecule has 4 N–H and O–H groups in total. The minimum atomic E-state index is 0.0368. The van der Waals surface area contributed by atoms with E-state index in [2.05, 4.69) is 17.4 Å². The van der Waals surface area contributed by atoms with E-state index >= 15 is 0 Å². The molecule has 1 aliphatic carbocycles. The first-order chi connectivity index (χ1) is 9.58. The summed E-state index contributed by atoms with van der Waals surface area (Å²) in [7, 11) is 0. The molecule has 1 unspecified atom stereocenters. The smallest absolute Gasteiger partial charge is 0.224 e. The minimum absolute atomic E-state index is 0.0368. The summed E-state index contributed by atoms with van der Waals surface area (Å²) in [6.45, 7) is 2.05. The van der Waals surface area contributed by atoms with E-state index < -0.39 is 0 Å². The second-order valence-corrected chi connectivity index (χ2v) is 5.51. The molecular weight excluding hydrogens is 254 g/mol.